The molecule has 1 fully saturated rings. The minimum Gasteiger partial charge on any atom is -0.365 e. The Labute approximate surface area is 105 Å². The Morgan fingerprint density at radius 2 is 1.88 bits per heavy atom. The zero-order valence-corrected chi connectivity index (χ0v) is 10.4. The average Bonchev–Trinajstić information content (AvgIpc) is 2.31. The molecular weight excluding hydrogens is 234 g/mol. The van der Waals surface area contributed by atoms with E-state index in [2.05, 4.69) is 22.4 Å². The van der Waals surface area contributed by atoms with Gasteiger partial charge in [0.1, 0.15) is 0 Å². The van der Waals surface area contributed by atoms with Crippen molar-refractivity contribution in [2.24, 2.45) is 5.92 Å². The fraction of sp³-hybridized carbons (Fsp3) is 0.385. The van der Waals surface area contributed by atoms with Crippen LogP contribution in [0.3, 0.4) is 0 Å². The SMILES string of the molecule is CC1CC(Nc2nnc(Cl)c3ccccc23)C1. The molecule has 0 bridgehead atoms. The number of benzene rings is 1. The zero-order chi connectivity index (χ0) is 11.8. The van der Waals surface area contributed by atoms with Crippen LogP contribution in [0.1, 0.15) is 19.8 Å². The highest BCUT2D eigenvalue weighted by Gasteiger charge is 2.26. The fourth-order valence-electron chi connectivity index (χ4n) is 2.39. The summed E-state index contributed by atoms with van der Waals surface area (Å²) in [5, 5.41) is 14.1. The minimum atomic E-state index is 0.466. The van der Waals surface area contributed by atoms with Gasteiger partial charge in [-0.25, -0.2) is 0 Å². The van der Waals surface area contributed by atoms with Crippen molar-refractivity contribution >= 4 is 28.2 Å². The van der Waals surface area contributed by atoms with Gasteiger partial charge in [0, 0.05) is 16.8 Å². The van der Waals surface area contributed by atoms with Gasteiger partial charge in [-0.1, -0.05) is 42.8 Å². The molecule has 0 aliphatic heterocycles. The van der Waals surface area contributed by atoms with E-state index >= 15 is 0 Å². The lowest BCUT2D eigenvalue weighted by Gasteiger charge is -2.33. The third-order valence-electron chi connectivity index (χ3n) is 3.36. The molecule has 0 saturated heterocycles. The predicted molar refractivity (Wildman–Crippen MR) is 70.4 cm³/mol. The number of aromatic nitrogens is 2. The summed E-state index contributed by atoms with van der Waals surface area (Å²) in [6, 6.07) is 8.49. The maximum atomic E-state index is 6.04. The third-order valence-corrected chi connectivity index (χ3v) is 3.64. The second kappa shape index (κ2) is 4.15. The first-order valence-corrected chi connectivity index (χ1v) is 6.29. The van der Waals surface area contributed by atoms with Crippen LogP contribution >= 0.6 is 11.6 Å². The molecule has 0 spiro atoms. The maximum absolute atomic E-state index is 6.04. The molecule has 4 heteroatoms. The van der Waals surface area contributed by atoms with E-state index in [1.807, 2.05) is 24.3 Å². The van der Waals surface area contributed by atoms with Crippen molar-refractivity contribution in [1.82, 2.24) is 10.2 Å². The molecule has 0 radical (unpaired) electrons. The molecule has 0 unspecified atom stereocenters. The number of nitrogens with one attached hydrogen (secondary N) is 1. The van der Waals surface area contributed by atoms with E-state index in [0.29, 0.717) is 11.2 Å². The van der Waals surface area contributed by atoms with Crippen LogP contribution in [0.5, 0.6) is 0 Å². The monoisotopic (exact) mass is 247 g/mol. The van der Waals surface area contributed by atoms with Crippen LogP contribution in [-0.2, 0) is 0 Å². The van der Waals surface area contributed by atoms with Gasteiger partial charge in [-0.3, -0.25) is 0 Å². The number of nitrogens with zero attached hydrogens (tertiary/aromatic N) is 2. The Bertz CT molecular complexity index is 549. The third kappa shape index (κ3) is 1.95. The second-order valence-corrected chi connectivity index (χ2v) is 5.16. The number of hydrogen-bond acceptors (Lipinski definition) is 3. The van der Waals surface area contributed by atoms with E-state index in [9.17, 15) is 0 Å². The van der Waals surface area contributed by atoms with Gasteiger partial charge >= 0.3 is 0 Å². The summed E-state index contributed by atoms with van der Waals surface area (Å²) in [5.74, 6) is 1.67. The van der Waals surface area contributed by atoms with Crippen LogP contribution in [0, 0.1) is 5.92 Å². The minimum absolute atomic E-state index is 0.466. The van der Waals surface area contributed by atoms with Gasteiger partial charge in [-0.05, 0) is 18.8 Å². The van der Waals surface area contributed by atoms with Crippen molar-refractivity contribution in [3.05, 3.63) is 29.4 Å². The van der Waals surface area contributed by atoms with Crippen molar-refractivity contribution < 1.29 is 0 Å². The first-order valence-electron chi connectivity index (χ1n) is 5.91. The smallest absolute Gasteiger partial charge is 0.159 e. The molecule has 1 N–H and O–H groups in total. The first kappa shape index (κ1) is 10.8. The van der Waals surface area contributed by atoms with Crippen molar-refractivity contribution in [2.45, 2.75) is 25.8 Å². The molecule has 0 atom stereocenters. The lowest BCUT2D eigenvalue weighted by Crippen LogP contribution is -2.34. The highest BCUT2D eigenvalue weighted by molar-refractivity contribution is 6.34. The molecule has 0 amide bonds. The number of hydrogen-bond donors (Lipinski definition) is 1. The summed E-state index contributed by atoms with van der Waals surface area (Å²) in [4.78, 5) is 0. The lowest BCUT2D eigenvalue weighted by molar-refractivity contribution is 0.308. The summed E-state index contributed by atoms with van der Waals surface area (Å²) in [5.41, 5.74) is 0. The Balaban J connectivity index is 1.96. The number of fused-ring (bicyclic) bond motifs is 1. The number of anilines is 1. The van der Waals surface area contributed by atoms with Crippen molar-refractivity contribution in [3.63, 3.8) is 0 Å². The topological polar surface area (TPSA) is 37.8 Å². The van der Waals surface area contributed by atoms with E-state index in [1.54, 1.807) is 0 Å². The Kier molecular flexibility index (Phi) is 2.63. The van der Waals surface area contributed by atoms with Gasteiger partial charge in [-0.2, -0.15) is 0 Å². The Morgan fingerprint density at radius 1 is 1.18 bits per heavy atom. The molecule has 3 nitrogen and oxygen atoms in total. The quantitative estimate of drug-likeness (QED) is 0.883. The molecule has 3 rings (SSSR count). The first-order chi connectivity index (χ1) is 8.24. The molecular formula is C13H14ClN3. The highest BCUT2D eigenvalue weighted by Crippen LogP contribution is 2.32. The van der Waals surface area contributed by atoms with E-state index in [4.69, 9.17) is 11.6 Å². The number of halogens is 1. The van der Waals surface area contributed by atoms with Gasteiger partial charge < -0.3 is 5.32 Å². The highest BCUT2D eigenvalue weighted by atomic mass is 35.5. The zero-order valence-electron chi connectivity index (χ0n) is 9.65. The summed E-state index contributed by atoms with van der Waals surface area (Å²) in [6.07, 6.45) is 2.41. The summed E-state index contributed by atoms with van der Waals surface area (Å²) in [6.45, 7) is 2.27. The average molecular weight is 248 g/mol. The summed E-state index contributed by atoms with van der Waals surface area (Å²) < 4.78 is 0. The lowest BCUT2D eigenvalue weighted by atomic mass is 9.82. The van der Waals surface area contributed by atoms with Crippen LogP contribution in [0.2, 0.25) is 5.15 Å². The predicted octanol–water partition coefficient (Wildman–Crippen LogP) is 3.49. The van der Waals surface area contributed by atoms with Crippen LogP contribution in [-0.4, -0.2) is 16.2 Å². The van der Waals surface area contributed by atoms with Crippen LogP contribution < -0.4 is 5.32 Å². The maximum Gasteiger partial charge on any atom is 0.159 e. The molecule has 2 aromatic rings. The largest absolute Gasteiger partial charge is 0.365 e. The molecule has 88 valence electrons. The van der Waals surface area contributed by atoms with E-state index in [1.165, 1.54) is 12.8 Å². The Morgan fingerprint density at radius 3 is 2.59 bits per heavy atom. The van der Waals surface area contributed by atoms with Gasteiger partial charge in [0.25, 0.3) is 0 Å². The molecule has 1 aromatic heterocycles. The van der Waals surface area contributed by atoms with E-state index < -0.39 is 0 Å². The molecule has 1 aliphatic carbocycles. The van der Waals surface area contributed by atoms with Crippen LogP contribution in [0.25, 0.3) is 10.8 Å². The van der Waals surface area contributed by atoms with Gasteiger partial charge in [0.05, 0.1) is 0 Å². The standard InChI is InChI=1S/C13H14ClN3/c1-8-6-9(7-8)15-13-11-5-3-2-4-10(11)12(14)16-17-13/h2-5,8-9H,6-7H2,1H3,(H,15,17). The summed E-state index contributed by atoms with van der Waals surface area (Å²) >= 11 is 6.04. The van der Waals surface area contributed by atoms with Gasteiger partial charge in [0.15, 0.2) is 11.0 Å². The molecule has 17 heavy (non-hydrogen) atoms. The fourth-order valence-corrected chi connectivity index (χ4v) is 2.59. The summed E-state index contributed by atoms with van der Waals surface area (Å²) in [7, 11) is 0. The Hall–Kier alpha value is -1.35. The molecule has 1 saturated carbocycles. The van der Waals surface area contributed by atoms with E-state index in [-0.39, 0.29) is 0 Å². The van der Waals surface area contributed by atoms with Crippen molar-refractivity contribution in [2.75, 3.05) is 5.32 Å². The van der Waals surface area contributed by atoms with Gasteiger partial charge in [-0.15, -0.1) is 10.2 Å². The molecule has 1 aromatic carbocycles. The molecule has 1 aliphatic rings. The van der Waals surface area contributed by atoms with Crippen LogP contribution in [0.15, 0.2) is 24.3 Å². The van der Waals surface area contributed by atoms with E-state index in [0.717, 1.165) is 22.5 Å². The van der Waals surface area contributed by atoms with Crippen molar-refractivity contribution in [1.29, 1.82) is 0 Å². The normalized spacial score (nSPS) is 23.4. The van der Waals surface area contributed by atoms with Crippen molar-refractivity contribution in [3.8, 4) is 0 Å². The van der Waals surface area contributed by atoms with Gasteiger partial charge in [0.2, 0.25) is 0 Å². The number of rotatable bonds is 2. The second-order valence-electron chi connectivity index (χ2n) is 4.80. The molecule has 1 heterocycles. The van der Waals surface area contributed by atoms with Crippen LogP contribution in [0.4, 0.5) is 5.82 Å².